The number of nitrogens with zero attached hydrogens (tertiary/aromatic N) is 3. The topological polar surface area (TPSA) is 59.8 Å². The van der Waals surface area contributed by atoms with E-state index >= 15 is 0 Å². The fourth-order valence-electron chi connectivity index (χ4n) is 3.06. The van der Waals surface area contributed by atoms with Crippen LogP contribution in [0.3, 0.4) is 0 Å². The van der Waals surface area contributed by atoms with Crippen molar-refractivity contribution >= 4 is 11.6 Å². The Morgan fingerprint density at radius 2 is 1.64 bits per heavy atom. The number of para-hydroxylation sites is 1. The number of anilines is 1. The van der Waals surface area contributed by atoms with Gasteiger partial charge in [0, 0.05) is 11.3 Å². The van der Waals surface area contributed by atoms with Crippen molar-refractivity contribution in [2.75, 3.05) is 5.32 Å². The molecule has 5 nitrogen and oxygen atoms in total. The van der Waals surface area contributed by atoms with Gasteiger partial charge in [-0.1, -0.05) is 60.7 Å². The third kappa shape index (κ3) is 3.55. The van der Waals surface area contributed by atoms with Crippen molar-refractivity contribution in [2.45, 2.75) is 13.8 Å². The van der Waals surface area contributed by atoms with Crippen LogP contribution in [0.2, 0.25) is 0 Å². The van der Waals surface area contributed by atoms with Crippen LogP contribution in [0.1, 0.15) is 21.7 Å². The molecule has 0 saturated heterocycles. The molecule has 0 atom stereocenters. The quantitative estimate of drug-likeness (QED) is 0.563. The summed E-state index contributed by atoms with van der Waals surface area (Å²) in [4.78, 5) is 17.3. The van der Waals surface area contributed by atoms with Crippen molar-refractivity contribution in [1.29, 1.82) is 0 Å². The van der Waals surface area contributed by atoms with Gasteiger partial charge in [-0.05, 0) is 43.2 Å². The van der Waals surface area contributed by atoms with E-state index in [1.165, 1.54) is 0 Å². The Labute approximate surface area is 163 Å². The SMILES string of the molecule is Cc1cccc(NC(=O)c2nc(-c3ccccc3)n(-c3ccccc3C)n2)c1. The molecule has 0 aliphatic rings. The lowest BCUT2D eigenvalue weighted by molar-refractivity contribution is 0.101. The van der Waals surface area contributed by atoms with Gasteiger partial charge in [-0.3, -0.25) is 4.79 Å². The zero-order valence-corrected chi connectivity index (χ0v) is 15.8. The number of nitrogens with one attached hydrogen (secondary N) is 1. The average molecular weight is 368 g/mol. The molecule has 5 heteroatoms. The molecule has 4 rings (SSSR count). The highest BCUT2D eigenvalue weighted by atomic mass is 16.2. The molecule has 1 N–H and O–H groups in total. The summed E-state index contributed by atoms with van der Waals surface area (Å²) < 4.78 is 1.73. The summed E-state index contributed by atoms with van der Waals surface area (Å²) in [5.41, 5.74) is 4.63. The highest BCUT2D eigenvalue weighted by Crippen LogP contribution is 2.23. The highest BCUT2D eigenvalue weighted by molar-refractivity contribution is 6.01. The number of amides is 1. The van der Waals surface area contributed by atoms with Crippen LogP contribution in [-0.2, 0) is 0 Å². The molecule has 0 unspecified atom stereocenters. The first-order valence-corrected chi connectivity index (χ1v) is 9.08. The molecular weight excluding hydrogens is 348 g/mol. The minimum atomic E-state index is -0.338. The maximum absolute atomic E-state index is 12.8. The van der Waals surface area contributed by atoms with E-state index < -0.39 is 0 Å². The second-order valence-corrected chi connectivity index (χ2v) is 6.65. The van der Waals surface area contributed by atoms with Gasteiger partial charge in [-0.25, -0.2) is 9.67 Å². The van der Waals surface area contributed by atoms with Gasteiger partial charge in [0.15, 0.2) is 5.82 Å². The molecule has 0 saturated carbocycles. The lowest BCUT2D eigenvalue weighted by Crippen LogP contribution is -2.14. The van der Waals surface area contributed by atoms with Gasteiger partial charge >= 0.3 is 0 Å². The number of hydrogen-bond donors (Lipinski definition) is 1. The van der Waals surface area contributed by atoms with Crippen LogP contribution in [0.5, 0.6) is 0 Å². The van der Waals surface area contributed by atoms with Gasteiger partial charge in [0.1, 0.15) is 0 Å². The lowest BCUT2D eigenvalue weighted by atomic mass is 10.2. The number of aromatic nitrogens is 3. The Bertz CT molecular complexity index is 1130. The number of benzene rings is 3. The van der Waals surface area contributed by atoms with Crippen LogP contribution in [0.15, 0.2) is 78.9 Å². The van der Waals surface area contributed by atoms with E-state index in [9.17, 15) is 4.79 Å². The smallest absolute Gasteiger partial charge is 0.295 e. The lowest BCUT2D eigenvalue weighted by Gasteiger charge is -2.08. The zero-order chi connectivity index (χ0) is 19.5. The number of aryl methyl sites for hydroxylation is 2. The largest absolute Gasteiger partial charge is 0.319 e. The Kier molecular flexibility index (Phi) is 4.72. The molecular formula is C23H20N4O. The molecule has 1 heterocycles. The van der Waals surface area contributed by atoms with Crippen molar-refractivity contribution in [1.82, 2.24) is 14.8 Å². The van der Waals surface area contributed by atoms with Crippen LogP contribution in [0, 0.1) is 13.8 Å². The van der Waals surface area contributed by atoms with Gasteiger partial charge in [-0.2, -0.15) is 0 Å². The Morgan fingerprint density at radius 1 is 0.893 bits per heavy atom. The van der Waals surface area contributed by atoms with E-state index in [0.717, 1.165) is 28.1 Å². The summed E-state index contributed by atoms with van der Waals surface area (Å²) in [6, 6.07) is 25.3. The fourth-order valence-corrected chi connectivity index (χ4v) is 3.06. The maximum atomic E-state index is 12.8. The van der Waals surface area contributed by atoms with E-state index in [0.29, 0.717) is 5.82 Å². The van der Waals surface area contributed by atoms with Gasteiger partial charge in [0.05, 0.1) is 5.69 Å². The van der Waals surface area contributed by atoms with Crippen molar-refractivity contribution in [3.63, 3.8) is 0 Å². The summed E-state index contributed by atoms with van der Waals surface area (Å²) in [7, 11) is 0. The predicted octanol–water partition coefficient (Wildman–Crippen LogP) is 4.80. The molecule has 3 aromatic carbocycles. The van der Waals surface area contributed by atoms with Gasteiger partial charge in [0.25, 0.3) is 5.91 Å². The molecule has 1 aromatic heterocycles. The number of carbonyl (C=O) groups excluding carboxylic acids is 1. The first kappa shape index (κ1) is 17.7. The normalized spacial score (nSPS) is 10.6. The number of carbonyl (C=O) groups is 1. The Balaban J connectivity index is 1.77. The Morgan fingerprint density at radius 3 is 2.39 bits per heavy atom. The van der Waals surface area contributed by atoms with Gasteiger partial charge in [-0.15, -0.1) is 5.10 Å². The summed E-state index contributed by atoms with van der Waals surface area (Å²) in [6.45, 7) is 3.99. The minimum absolute atomic E-state index is 0.128. The first-order valence-electron chi connectivity index (χ1n) is 9.08. The molecule has 138 valence electrons. The first-order chi connectivity index (χ1) is 13.6. The highest BCUT2D eigenvalue weighted by Gasteiger charge is 2.19. The average Bonchev–Trinajstić information content (AvgIpc) is 3.14. The van der Waals surface area contributed by atoms with Crippen molar-refractivity contribution in [3.8, 4) is 17.1 Å². The van der Waals surface area contributed by atoms with Crippen LogP contribution in [-0.4, -0.2) is 20.7 Å². The fraction of sp³-hybridized carbons (Fsp3) is 0.0870. The van der Waals surface area contributed by atoms with Crippen molar-refractivity contribution < 1.29 is 4.79 Å². The number of rotatable bonds is 4. The third-order valence-electron chi connectivity index (χ3n) is 4.46. The van der Waals surface area contributed by atoms with E-state index in [4.69, 9.17) is 0 Å². The van der Waals surface area contributed by atoms with Gasteiger partial charge < -0.3 is 5.32 Å². The standard InChI is InChI=1S/C23H20N4O/c1-16-9-8-13-19(15-16)24-23(28)21-25-22(18-11-4-3-5-12-18)27(26-21)20-14-7-6-10-17(20)2/h3-15H,1-2H3,(H,24,28). The summed E-state index contributed by atoms with van der Waals surface area (Å²) in [5, 5.41) is 7.41. The second-order valence-electron chi connectivity index (χ2n) is 6.65. The summed E-state index contributed by atoms with van der Waals surface area (Å²) >= 11 is 0. The summed E-state index contributed by atoms with van der Waals surface area (Å²) in [6.07, 6.45) is 0. The minimum Gasteiger partial charge on any atom is -0.319 e. The predicted molar refractivity (Wildman–Crippen MR) is 111 cm³/mol. The van der Waals surface area contributed by atoms with Gasteiger partial charge in [0.2, 0.25) is 5.82 Å². The van der Waals surface area contributed by atoms with Crippen molar-refractivity contribution in [2.24, 2.45) is 0 Å². The van der Waals surface area contributed by atoms with Crippen LogP contribution >= 0.6 is 0 Å². The molecule has 0 aliphatic carbocycles. The molecule has 1 amide bonds. The summed E-state index contributed by atoms with van der Waals surface area (Å²) in [5.74, 6) is 0.419. The molecule has 0 spiro atoms. The van der Waals surface area contributed by atoms with Crippen LogP contribution < -0.4 is 5.32 Å². The molecule has 0 bridgehead atoms. The number of hydrogen-bond acceptors (Lipinski definition) is 3. The van der Waals surface area contributed by atoms with Crippen LogP contribution in [0.25, 0.3) is 17.1 Å². The van der Waals surface area contributed by atoms with E-state index in [1.54, 1.807) is 4.68 Å². The molecule has 4 aromatic rings. The molecule has 28 heavy (non-hydrogen) atoms. The van der Waals surface area contributed by atoms with Crippen LogP contribution in [0.4, 0.5) is 5.69 Å². The molecule has 0 aliphatic heterocycles. The zero-order valence-electron chi connectivity index (χ0n) is 15.8. The second kappa shape index (κ2) is 7.48. The molecule has 0 fully saturated rings. The maximum Gasteiger partial charge on any atom is 0.295 e. The van der Waals surface area contributed by atoms with E-state index in [2.05, 4.69) is 15.4 Å². The molecule has 0 radical (unpaired) electrons. The third-order valence-corrected chi connectivity index (χ3v) is 4.46. The monoisotopic (exact) mass is 368 g/mol. The van der Waals surface area contributed by atoms with Crippen molar-refractivity contribution in [3.05, 3.63) is 95.8 Å². The van der Waals surface area contributed by atoms with E-state index in [-0.39, 0.29) is 11.7 Å². The van der Waals surface area contributed by atoms with E-state index in [1.807, 2.05) is 92.7 Å². The Hall–Kier alpha value is -3.73.